The Kier molecular flexibility index (Phi) is 5.65. The van der Waals surface area contributed by atoms with E-state index in [4.69, 9.17) is 11.6 Å². The van der Waals surface area contributed by atoms with Crippen molar-refractivity contribution in [3.8, 4) is 0 Å². The summed E-state index contributed by atoms with van der Waals surface area (Å²) in [5.41, 5.74) is 1.40. The van der Waals surface area contributed by atoms with Crippen LogP contribution in [0.5, 0.6) is 0 Å². The Bertz CT molecular complexity index is 788. The van der Waals surface area contributed by atoms with Crippen molar-refractivity contribution in [2.45, 2.75) is 19.8 Å². The normalized spacial score (nSPS) is 10.2. The van der Waals surface area contributed by atoms with E-state index in [9.17, 15) is 19.7 Å². The Morgan fingerprint density at radius 2 is 1.79 bits per heavy atom. The molecule has 0 fully saturated rings. The molecule has 0 saturated heterocycles. The van der Waals surface area contributed by atoms with Gasteiger partial charge in [0.15, 0.2) is 5.78 Å². The lowest BCUT2D eigenvalue weighted by Crippen LogP contribution is -2.13. The minimum atomic E-state index is -0.480. The van der Waals surface area contributed by atoms with Gasteiger partial charge in [-0.05, 0) is 43.3 Å². The van der Waals surface area contributed by atoms with E-state index >= 15 is 0 Å². The molecule has 0 aliphatic heterocycles. The van der Waals surface area contributed by atoms with E-state index in [0.717, 1.165) is 0 Å². The van der Waals surface area contributed by atoms with E-state index in [2.05, 4.69) is 5.32 Å². The van der Waals surface area contributed by atoms with Gasteiger partial charge in [0.25, 0.3) is 5.69 Å². The largest absolute Gasteiger partial charge is 0.326 e. The van der Waals surface area contributed by atoms with Crippen LogP contribution in [0.2, 0.25) is 5.02 Å². The number of hydrogen-bond acceptors (Lipinski definition) is 4. The lowest BCUT2D eigenvalue weighted by molar-refractivity contribution is -0.385. The second-order valence-corrected chi connectivity index (χ2v) is 5.67. The summed E-state index contributed by atoms with van der Waals surface area (Å²) in [4.78, 5) is 34.2. The number of benzene rings is 2. The van der Waals surface area contributed by atoms with Gasteiger partial charge < -0.3 is 5.32 Å². The summed E-state index contributed by atoms with van der Waals surface area (Å²) in [6.45, 7) is 1.60. The summed E-state index contributed by atoms with van der Waals surface area (Å²) in [6.07, 6.45) is 0.0942. The van der Waals surface area contributed by atoms with Crippen LogP contribution in [0.15, 0.2) is 42.5 Å². The number of halogens is 1. The van der Waals surface area contributed by atoms with Crippen molar-refractivity contribution in [1.82, 2.24) is 0 Å². The Morgan fingerprint density at radius 1 is 1.12 bits per heavy atom. The SMILES string of the molecule is Cc1cc(NC(=O)CCC(=O)c2ccc(Cl)cc2)ccc1[N+](=O)[O-]. The molecule has 2 aromatic rings. The number of nitro benzene ring substituents is 1. The molecule has 2 rings (SSSR count). The van der Waals surface area contributed by atoms with Crippen LogP contribution in [0.1, 0.15) is 28.8 Å². The fourth-order valence-electron chi connectivity index (χ4n) is 2.17. The average Bonchev–Trinajstić information content (AvgIpc) is 2.53. The molecule has 0 spiro atoms. The van der Waals surface area contributed by atoms with Gasteiger partial charge in [0.2, 0.25) is 5.91 Å². The van der Waals surface area contributed by atoms with Gasteiger partial charge in [-0.15, -0.1) is 0 Å². The van der Waals surface area contributed by atoms with E-state index in [1.807, 2.05) is 0 Å². The lowest BCUT2D eigenvalue weighted by Gasteiger charge is -2.06. The van der Waals surface area contributed by atoms with E-state index in [1.54, 1.807) is 31.2 Å². The highest BCUT2D eigenvalue weighted by molar-refractivity contribution is 6.30. The number of hydrogen-bond donors (Lipinski definition) is 1. The molecule has 0 unspecified atom stereocenters. The third kappa shape index (κ3) is 4.63. The van der Waals surface area contributed by atoms with Crippen molar-refractivity contribution in [3.63, 3.8) is 0 Å². The number of carbonyl (C=O) groups is 2. The molecule has 2 aromatic carbocycles. The Labute approximate surface area is 143 Å². The molecule has 124 valence electrons. The van der Waals surface area contributed by atoms with Crippen molar-refractivity contribution >= 4 is 34.7 Å². The molecular formula is C17H15ClN2O4. The topological polar surface area (TPSA) is 89.3 Å². The van der Waals surface area contributed by atoms with E-state index < -0.39 is 4.92 Å². The number of Topliss-reactive ketones (excluding diaryl/α,β-unsaturated/α-hetero) is 1. The number of anilines is 1. The van der Waals surface area contributed by atoms with Crippen molar-refractivity contribution in [2.75, 3.05) is 5.32 Å². The van der Waals surface area contributed by atoms with Gasteiger partial charge in [0.1, 0.15) is 0 Å². The second-order valence-electron chi connectivity index (χ2n) is 5.24. The van der Waals surface area contributed by atoms with Gasteiger partial charge in [-0.2, -0.15) is 0 Å². The Hall–Kier alpha value is -2.73. The number of nitrogens with zero attached hydrogens (tertiary/aromatic N) is 1. The standard InChI is InChI=1S/C17H15ClN2O4/c1-11-10-14(6-7-15(11)20(23)24)19-17(22)9-8-16(21)12-2-4-13(18)5-3-12/h2-7,10H,8-9H2,1H3,(H,19,22). The van der Waals surface area contributed by atoms with Gasteiger partial charge in [-0.1, -0.05) is 11.6 Å². The van der Waals surface area contributed by atoms with Gasteiger partial charge in [0, 0.05) is 40.7 Å². The third-order valence-corrected chi connectivity index (χ3v) is 3.67. The first-order valence-electron chi connectivity index (χ1n) is 7.20. The molecule has 0 radical (unpaired) electrons. The number of rotatable bonds is 6. The van der Waals surface area contributed by atoms with Crippen LogP contribution in [0.3, 0.4) is 0 Å². The number of nitrogens with one attached hydrogen (secondary N) is 1. The zero-order valence-corrected chi connectivity index (χ0v) is 13.7. The van der Waals surface area contributed by atoms with E-state index in [0.29, 0.717) is 21.8 Å². The van der Waals surface area contributed by atoms with Crippen LogP contribution < -0.4 is 5.32 Å². The average molecular weight is 347 g/mol. The van der Waals surface area contributed by atoms with Crippen LogP contribution in [-0.2, 0) is 4.79 Å². The molecule has 0 saturated carbocycles. The number of nitro groups is 1. The summed E-state index contributed by atoms with van der Waals surface area (Å²) in [5.74, 6) is -0.479. The zero-order valence-electron chi connectivity index (χ0n) is 12.9. The minimum absolute atomic E-state index is 0.00841. The molecule has 0 atom stereocenters. The maximum atomic E-state index is 12.0. The van der Waals surface area contributed by atoms with Gasteiger partial charge in [-0.25, -0.2) is 0 Å². The van der Waals surface area contributed by atoms with Crippen molar-refractivity contribution in [1.29, 1.82) is 0 Å². The third-order valence-electron chi connectivity index (χ3n) is 3.42. The van der Waals surface area contributed by atoms with Gasteiger partial charge in [-0.3, -0.25) is 19.7 Å². The number of amides is 1. The first-order chi connectivity index (χ1) is 11.4. The molecule has 24 heavy (non-hydrogen) atoms. The van der Waals surface area contributed by atoms with Gasteiger partial charge in [0.05, 0.1) is 4.92 Å². The Balaban J connectivity index is 1.91. The summed E-state index contributed by atoms with van der Waals surface area (Å²) in [7, 11) is 0. The molecule has 1 N–H and O–H groups in total. The molecular weight excluding hydrogens is 332 g/mol. The monoisotopic (exact) mass is 346 g/mol. The van der Waals surface area contributed by atoms with Gasteiger partial charge >= 0.3 is 0 Å². The Morgan fingerprint density at radius 3 is 2.38 bits per heavy atom. The molecule has 7 heteroatoms. The molecule has 0 bridgehead atoms. The highest BCUT2D eigenvalue weighted by Gasteiger charge is 2.13. The predicted molar refractivity (Wildman–Crippen MR) is 91.5 cm³/mol. The number of carbonyl (C=O) groups excluding carboxylic acids is 2. The maximum Gasteiger partial charge on any atom is 0.272 e. The van der Waals surface area contributed by atoms with Crippen molar-refractivity contribution < 1.29 is 14.5 Å². The molecule has 0 heterocycles. The quantitative estimate of drug-likeness (QED) is 0.483. The van der Waals surface area contributed by atoms with Crippen LogP contribution in [-0.4, -0.2) is 16.6 Å². The highest BCUT2D eigenvalue weighted by Crippen LogP contribution is 2.21. The predicted octanol–water partition coefficient (Wildman–Crippen LogP) is 4.16. The molecule has 0 aliphatic rings. The first kappa shape index (κ1) is 17.6. The second kappa shape index (κ2) is 7.70. The fraction of sp³-hybridized carbons (Fsp3) is 0.176. The molecule has 0 aliphatic carbocycles. The van der Waals surface area contributed by atoms with Crippen LogP contribution in [0.25, 0.3) is 0 Å². The van der Waals surface area contributed by atoms with Crippen molar-refractivity contribution in [2.24, 2.45) is 0 Å². The molecule has 6 nitrogen and oxygen atoms in total. The molecule has 0 aromatic heterocycles. The number of ketones is 1. The smallest absolute Gasteiger partial charge is 0.272 e. The summed E-state index contributed by atoms with van der Waals surface area (Å²) >= 11 is 5.76. The maximum absolute atomic E-state index is 12.0. The van der Waals surface area contributed by atoms with Crippen LogP contribution in [0.4, 0.5) is 11.4 Å². The minimum Gasteiger partial charge on any atom is -0.326 e. The van der Waals surface area contributed by atoms with Crippen molar-refractivity contribution in [3.05, 3.63) is 68.7 Å². The van der Waals surface area contributed by atoms with E-state index in [1.165, 1.54) is 18.2 Å². The first-order valence-corrected chi connectivity index (χ1v) is 7.58. The zero-order chi connectivity index (χ0) is 17.7. The number of aryl methyl sites for hydroxylation is 1. The molecule has 1 amide bonds. The van der Waals surface area contributed by atoms with Crippen LogP contribution in [0, 0.1) is 17.0 Å². The van der Waals surface area contributed by atoms with E-state index in [-0.39, 0.29) is 30.2 Å². The highest BCUT2D eigenvalue weighted by atomic mass is 35.5. The van der Waals surface area contributed by atoms with Crippen LogP contribution >= 0.6 is 11.6 Å². The fourth-order valence-corrected chi connectivity index (χ4v) is 2.29. The summed E-state index contributed by atoms with van der Waals surface area (Å²) < 4.78 is 0. The summed E-state index contributed by atoms with van der Waals surface area (Å²) in [5, 5.41) is 13.9. The summed E-state index contributed by atoms with van der Waals surface area (Å²) in [6, 6.07) is 10.8. The lowest BCUT2D eigenvalue weighted by atomic mass is 10.1.